The van der Waals surface area contributed by atoms with Crippen molar-refractivity contribution >= 4 is 23.0 Å². The molecule has 1 aromatic carbocycles. The molecule has 139 valence electrons. The number of nitrogens with zero attached hydrogens (tertiary/aromatic N) is 2. The minimum atomic E-state index is -0.963. The summed E-state index contributed by atoms with van der Waals surface area (Å²) in [7, 11) is 0. The van der Waals surface area contributed by atoms with Crippen molar-refractivity contribution in [1.82, 2.24) is 0 Å². The second-order valence-corrected chi connectivity index (χ2v) is 6.98. The molecular weight excluding hydrogens is 425 g/mol. The summed E-state index contributed by atoms with van der Waals surface area (Å²) in [5.74, 6) is 0. The van der Waals surface area contributed by atoms with Crippen LogP contribution in [-0.4, -0.2) is 34.8 Å². The zero-order valence-corrected chi connectivity index (χ0v) is 18.8. The Morgan fingerprint density at radius 3 is 2.81 bits per heavy atom. The predicted molar refractivity (Wildman–Crippen MR) is 103 cm³/mol. The molecule has 1 radical (unpaired) electrons. The molecule has 3 unspecified atom stereocenters. The number of halogens is 1. The van der Waals surface area contributed by atoms with Crippen LogP contribution in [0.4, 0.5) is 11.4 Å². The maximum atomic E-state index is 9.95. The number of benzene rings is 1. The van der Waals surface area contributed by atoms with E-state index in [0.717, 1.165) is 43.5 Å². The summed E-state index contributed by atoms with van der Waals surface area (Å²) in [5, 5.41) is 19.2. The molecule has 1 saturated heterocycles. The van der Waals surface area contributed by atoms with Gasteiger partial charge in [-0.25, -0.2) is 4.85 Å². The van der Waals surface area contributed by atoms with Gasteiger partial charge in [-0.15, -0.1) is 11.6 Å². The third-order valence-corrected chi connectivity index (χ3v) is 5.21. The van der Waals surface area contributed by atoms with Crippen molar-refractivity contribution < 1.29 is 42.9 Å². The Morgan fingerprint density at radius 1 is 1.46 bits per heavy atom. The summed E-state index contributed by atoms with van der Waals surface area (Å²) >= 11 is 6.54. The van der Waals surface area contributed by atoms with E-state index in [1.54, 1.807) is 6.07 Å². The average Bonchev–Trinajstić information content (AvgIpc) is 2.98. The Balaban J connectivity index is 0.00000338. The van der Waals surface area contributed by atoms with Gasteiger partial charge in [0.15, 0.2) is 0 Å². The van der Waals surface area contributed by atoms with E-state index < -0.39 is 6.10 Å². The van der Waals surface area contributed by atoms with Gasteiger partial charge in [0.25, 0.3) is 0 Å². The zero-order valence-electron chi connectivity index (χ0n) is 15.2. The Hall–Kier alpha value is -0.436. The summed E-state index contributed by atoms with van der Waals surface area (Å²) in [6.07, 6.45) is 6.88. The van der Waals surface area contributed by atoms with Gasteiger partial charge < -0.3 is 22.0 Å². The summed E-state index contributed by atoms with van der Waals surface area (Å²) in [4.78, 5) is 5.86. The van der Waals surface area contributed by atoms with Crippen molar-refractivity contribution in [2.24, 2.45) is 0 Å². The van der Waals surface area contributed by atoms with Gasteiger partial charge in [-0.05, 0) is 43.0 Å². The molecule has 1 aliphatic heterocycles. The summed E-state index contributed by atoms with van der Waals surface area (Å²) < 4.78 is 0. The van der Waals surface area contributed by atoms with Crippen molar-refractivity contribution in [1.29, 1.82) is 0 Å². The van der Waals surface area contributed by atoms with Gasteiger partial charge in [-0.1, -0.05) is 18.6 Å². The summed E-state index contributed by atoms with van der Waals surface area (Å²) in [6, 6.07) is 3.77. The van der Waals surface area contributed by atoms with Gasteiger partial charge in [0, 0.05) is 51.0 Å². The average molecular weight is 451 g/mol. The number of aliphatic hydroxyl groups is 2. The maximum Gasteiger partial charge on any atom is 0.210 e. The standard InChI is InChI=1S/C20H26ClN2O2.Y/c1-4-5-6-7-8-18-16(21)9-10-23(18)19-11-14(2)15(20(25)13-24)12-17(19)22-3;/h6-7,11-12,16,18,20,24-25H,1,4-5,8-10,13H2,2H3;/q-1;/b7-6-;. The molecule has 3 atom stereocenters. The fourth-order valence-corrected chi connectivity index (χ4v) is 3.67. The number of hydrogen-bond acceptors (Lipinski definition) is 3. The van der Waals surface area contributed by atoms with Gasteiger partial charge in [0.2, 0.25) is 5.69 Å². The second kappa shape index (κ2) is 11.4. The number of allylic oxidation sites excluding steroid dienone is 1. The summed E-state index contributed by atoms with van der Waals surface area (Å²) in [6.45, 7) is 13.7. The first-order valence-corrected chi connectivity index (χ1v) is 9.13. The predicted octanol–water partition coefficient (Wildman–Crippen LogP) is 4.32. The quantitative estimate of drug-likeness (QED) is 0.369. The normalized spacial score (nSPS) is 20.8. The van der Waals surface area contributed by atoms with Crippen LogP contribution in [0.25, 0.3) is 4.85 Å². The number of rotatable bonds is 7. The van der Waals surface area contributed by atoms with Gasteiger partial charge >= 0.3 is 0 Å². The van der Waals surface area contributed by atoms with Gasteiger partial charge in [0.05, 0.1) is 18.6 Å². The number of anilines is 1. The SMILES string of the molecule is [C-]#[N+]c1cc(C(O)CO)c(C)cc1N1CCC(Cl)C1C/C=C\CC[CH2-].[Y]. The number of unbranched alkanes of at least 4 members (excludes halogenated alkanes) is 1. The maximum absolute atomic E-state index is 9.95. The third kappa shape index (κ3) is 5.53. The molecule has 2 rings (SSSR count). The molecule has 0 spiro atoms. The fourth-order valence-electron chi connectivity index (χ4n) is 3.34. The van der Waals surface area contributed by atoms with Crippen LogP contribution in [0.15, 0.2) is 24.3 Å². The van der Waals surface area contributed by atoms with Crippen molar-refractivity contribution in [3.05, 3.63) is 53.8 Å². The third-order valence-electron chi connectivity index (χ3n) is 4.70. The molecule has 6 heteroatoms. The molecular formula is C20H26ClN2O2Y-. The number of aliphatic hydroxyl groups excluding tert-OH is 2. The molecule has 1 heterocycles. The number of hydrogen-bond donors (Lipinski definition) is 2. The molecule has 26 heavy (non-hydrogen) atoms. The number of alkyl halides is 1. The van der Waals surface area contributed by atoms with Crippen LogP contribution in [0, 0.1) is 20.4 Å². The van der Waals surface area contributed by atoms with Crippen LogP contribution >= 0.6 is 11.6 Å². The fraction of sp³-hybridized carbons (Fsp3) is 0.500. The van der Waals surface area contributed by atoms with E-state index in [2.05, 4.69) is 28.8 Å². The Bertz CT molecular complexity index is 660. The van der Waals surface area contributed by atoms with Crippen molar-refractivity contribution in [3.8, 4) is 0 Å². The van der Waals surface area contributed by atoms with Crippen LogP contribution in [-0.2, 0) is 32.7 Å². The minimum Gasteiger partial charge on any atom is -0.393 e. The Morgan fingerprint density at radius 2 is 2.19 bits per heavy atom. The number of aryl methyl sites for hydroxylation is 1. The van der Waals surface area contributed by atoms with Crippen LogP contribution < -0.4 is 4.90 Å². The molecule has 1 fully saturated rings. The molecule has 4 nitrogen and oxygen atoms in total. The van der Waals surface area contributed by atoms with Crippen molar-refractivity contribution in [2.75, 3.05) is 18.1 Å². The van der Waals surface area contributed by atoms with E-state index in [9.17, 15) is 10.2 Å². The topological polar surface area (TPSA) is 48.1 Å². The van der Waals surface area contributed by atoms with Gasteiger partial charge in [-0.2, -0.15) is 6.42 Å². The molecule has 0 amide bonds. The molecule has 0 saturated carbocycles. The molecule has 0 aliphatic carbocycles. The van der Waals surface area contributed by atoms with E-state index in [1.807, 2.05) is 13.0 Å². The van der Waals surface area contributed by atoms with E-state index in [4.69, 9.17) is 18.2 Å². The van der Waals surface area contributed by atoms with E-state index in [-0.39, 0.29) is 50.7 Å². The molecule has 0 aromatic heterocycles. The first kappa shape index (κ1) is 23.6. The molecule has 1 aliphatic rings. The van der Waals surface area contributed by atoms with Crippen LogP contribution in [0.2, 0.25) is 0 Å². The van der Waals surface area contributed by atoms with E-state index >= 15 is 0 Å². The van der Waals surface area contributed by atoms with Crippen LogP contribution in [0.5, 0.6) is 0 Å². The second-order valence-electron chi connectivity index (χ2n) is 6.42. The monoisotopic (exact) mass is 450 g/mol. The smallest absolute Gasteiger partial charge is 0.210 e. The van der Waals surface area contributed by atoms with Gasteiger partial charge in [0.1, 0.15) is 6.10 Å². The van der Waals surface area contributed by atoms with Crippen LogP contribution in [0.1, 0.15) is 42.9 Å². The molecule has 2 N–H and O–H groups in total. The zero-order chi connectivity index (χ0) is 18.4. The van der Waals surface area contributed by atoms with E-state index in [0.29, 0.717) is 11.3 Å². The van der Waals surface area contributed by atoms with E-state index in [1.165, 1.54) is 0 Å². The minimum absolute atomic E-state index is 0. The van der Waals surface area contributed by atoms with Crippen molar-refractivity contribution in [2.45, 2.75) is 50.1 Å². The first-order valence-electron chi connectivity index (χ1n) is 8.69. The Kier molecular flexibility index (Phi) is 10.4. The largest absolute Gasteiger partial charge is 0.393 e. The first-order chi connectivity index (χ1) is 12.0. The molecule has 1 aromatic rings. The Labute approximate surface area is 186 Å². The van der Waals surface area contributed by atoms with Gasteiger partial charge in [-0.3, -0.25) is 0 Å². The van der Waals surface area contributed by atoms with Crippen molar-refractivity contribution in [3.63, 3.8) is 0 Å². The molecule has 0 bridgehead atoms. The summed E-state index contributed by atoms with van der Waals surface area (Å²) in [5.41, 5.74) is 2.82. The van der Waals surface area contributed by atoms with Crippen LogP contribution in [0.3, 0.4) is 0 Å².